The number of H-pyrrole nitrogens is 1. The minimum absolute atomic E-state index is 0.000744. The largest absolute Gasteiger partial charge is 0.385 e. The molecule has 6 heteroatoms. The van der Waals surface area contributed by atoms with E-state index in [1.54, 1.807) is 23.0 Å². The molecule has 0 aliphatic heterocycles. The molecule has 1 N–H and O–H groups in total. The molecule has 0 spiro atoms. The third-order valence-electron chi connectivity index (χ3n) is 2.80. The lowest BCUT2D eigenvalue weighted by Crippen LogP contribution is -2.22. The molecular weight excluding hydrogens is 268 g/mol. The molecule has 0 aromatic carbocycles. The van der Waals surface area contributed by atoms with Gasteiger partial charge < -0.3 is 9.72 Å². The Morgan fingerprint density at radius 2 is 2.33 bits per heavy atom. The molecule has 0 fully saturated rings. The summed E-state index contributed by atoms with van der Waals surface area (Å²) < 4.78 is 7.10. The topological polar surface area (TPSA) is 47.0 Å². The summed E-state index contributed by atoms with van der Waals surface area (Å²) in [5, 5.41) is 0.739. The summed E-state index contributed by atoms with van der Waals surface area (Å²) in [5.41, 5.74) is 0.000744. The monoisotopic (exact) mass is 284 g/mol. The number of rotatable bonds is 5. The molecule has 0 saturated heterocycles. The Balaban J connectivity index is 2.47. The number of nitrogens with zero attached hydrogens (tertiary/aromatic N) is 1. The van der Waals surface area contributed by atoms with Gasteiger partial charge in [0.2, 0.25) is 0 Å². The average Bonchev–Trinajstić information content (AvgIpc) is 2.76. The minimum Gasteiger partial charge on any atom is -0.385 e. The molecule has 2 aromatic rings. The summed E-state index contributed by atoms with van der Waals surface area (Å²) in [6.45, 7) is 3.30. The number of aryl methyl sites for hydroxylation is 1. The highest BCUT2D eigenvalue weighted by Gasteiger charge is 2.08. The first-order valence-electron chi connectivity index (χ1n) is 5.91. The standard InChI is InChI=1S/C12H16N2O2S2/c1-3-8-7-9-10(18-8)13-12(17)14(11(9)15)5-4-6-16-2/h7H,3-6H2,1-2H3,(H,13,17). The van der Waals surface area contributed by atoms with Gasteiger partial charge in [-0.05, 0) is 31.1 Å². The van der Waals surface area contributed by atoms with E-state index in [0.717, 1.165) is 23.1 Å². The van der Waals surface area contributed by atoms with E-state index < -0.39 is 0 Å². The van der Waals surface area contributed by atoms with Crippen LogP contribution in [-0.2, 0) is 17.7 Å². The van der Waals surface area contributed by atoms with E-state index in [9.17, 15) is 4.79 Å². The van der Waals surface area contributed by atoms with Crippen molar-refractivity contribution >= 4 is 33.8 Å². The summed E-state index contributed by atoms with van der Waals surface area (Å²) in [5.74, 6) is 0. The first-order chi connectivity index (χ1) is 8.67. The first kappa shape index (κ1) is 13.5. The molecule has 98 valence electrons. The fraction of sp³-hybridized carbons (Fsp3) is 0.500. The lowest BCUT2D eigenvalue weighted by atomic mass is 10.3. The molecular formula is C12H16N2O2S2. The molecule has 0 atom stereocenters. The van der Waals surface area contributed by atoms with Gasteiger partial charge >= 0.3 is 0 Å². The van der Waals surface area contributed by atoms with Gasteiger partial charge in [0.05, 0.1) is 5.39 Å². The van der Waals surface area contributed by atoms with Crippen molar-refractivity contribution in [2.75, 3.05) is 13.7 Å². The van der Waals surface area contributed by atoms with E-state index in [4.69, 9.17) is 17.0 Å². The molecule has 2 heterocycles. The Labute approximate surface area is 114 Å². The Morgan fingerprint density at radius 3 is 3.00 bits per heavy atom. The van der Waals surface area contributed by atoms with Gasteiger partial charge in [0.1, 0.15) is 4.83 Å². The SMILES string of the molecule is CCc1cc2c(=O)n(CCCOC)c(=S)[nH]c2s1. The highest BCUT2D eigenvalue weighted by molar-refractivity contribution is 7.71. The van der Waals surface area contributed by atoms with Crippen LogP contribution in [0.25, 0.3) is 10.2 Å². The van der Waals surface area contributed by atoms with Crippen LogP contribution in [0.2, 0.25) is 0 Å². The van der Waals surface area contributed by atoms with Crippen molar-refractivity contribution in [2.45, 2.75) is 26.3 Å². The first-order valence-corrected chi connectivity index (χ1v) is 7.14. The molecule has 0 saturated carbocycles. The van der Waals surface area contributed by atoms with Crippen molar-refractivity contribution < 1.29 is 4.74 Å². The fourth-order valence-corrected chi connectivity index (χ4v) is 3.17. The van der Waals surface area contributed by atoms with E-state index in [1.807, 2.05) is 6.07 Å². The van der Waals surface area contributed by atoms with Crippen LogP contribution in [0, 0.1) is 4.77 Å². The number of fused-ring (bicyclic) bond motifs is 1. The summed E-state index contributed by atoms with van der Waals surface area (Å²) in [6, 6.07) is 1.96. The zero-order valence-electron chi connectivity index (χ0n) is 10.5. The van der Waals surface area contributed by atoms with Crippen molar-refractivity contribution in [3.63, 3.8) is 0 Å². The predicted octanol–water partition coefficient (Wildman–Crippen LogP) is 2.72. The Bertz CT molecular complexity index is 654. The summed E-state index contributed by atoms with van der Waals surface area (Å²) in [4.78, 5) is 17.5. The highest BCUT2D eigenvalue weighted by Crippen LogP contribution is 2.21. The van der Waals surface area contributed by atoms with Gasteiger partial charge in [-0.3, -0.25) is 9.36 Å². The number of thiophene rings is 1. The zero-order valence-corrected chi connectivity index (χ0v) is 12.1. The molecule has 0 bridgehead atoms. The summed E-state index contributed by atoms with van der Waals surface area (Å²) >= 11 is 6.84. The predicted molar refractivity (Wildman–Crippen MR) is 77.1 cm³/mol. The summed E-state index contributed by atoms with van der Waals surface area (Å²) in [7, 11) is 1.65. The van der Waals surface area contributed by atoms with Crippen molar-refractivity contribution in [3.8, 4) is 0 Å². The van der Waals surface area contributed by atoms with Gasteiger partial charge in [0.15, 0.2) is 4.77 Å². The quantitative estimate of drug-likeness (QED) is 0.678. The molecule has 4 nitrogen and oxygen atoms in total. The molecule has 2 aromatic heterocycles. The zero-order chi connectivity index (χ0) is 13.1. The fourth-order valence-electron chi connectivity index (χ4n) is 1.84. The van der Waals surface area contributed by atoms with E-state index in [1.165, 1.54) is 4.88 Å². The molecule has 18 heavy (non-hydrogen) atoms. The smallest absolute Gasteiger partial charge is 0.263 e. The summed E-state index contributed by atoms with van der Waals surface area (Å²) in [6.07, 6.45) is 1.72. The third kappa shape index (κ3) is 2.55. The average molecular weight is 284 g/mol. The van der Waals surface area contributed by atoms with Crippen molar-refractivity contribution in [3.05, 3.63) is 26.1 Å². The van der Waals surface area contributed by atoms with Crippen LogP contribution in [0.5, 0.6) is 0 Å². The number of methoxy groups -OCH3 is 1. The number of ether oxygens (including phenoxy) is 1. The van der Waals surface area contributed by atoms with Crippen LogP contribution < -0.4 is 5.56 Å². The second kappa shape index (κ2) is 5.77. The number of hydrogen-bond donors (Lipinski definition) is 1. The van der Waals surface area contributed by atoms with E-state index >= 15 is 0 Å². The van der Waals surface area contributed by atoms with Crippen LogP contribution in [0.3, 0.4) is 0 Å². The third-order valence-corrected chi connectivity index (χ3v) is 4.32. The van der Waals surface area contributed by atoms with Crippen LogP contribution in [-0.4, -0.2) is 23.3 Å². The van der Waals surface area contributed by atoms with Gasteiger partial charge in [-0.25, -0.2) is 0 Å². The molecule has 0 aliphatic rings. The normalized spacial score (nSPS) is 11.2. The number of hydrogen-bond acceptors (Lipinski definition) is 4. The van der Waals surface area contributed by atoms with Crippen molar-refractivity contribution in [1.82, 2.24) is 9.55 Å². The van der Waals surface area contributed by atoms with E-state index in [2.05, 4.69) is 11.9 Å². The van der Waals surface area contributed by atoms with Crippen molar-refractivity contribution in [2.24, 2.45) is 0 Å². The maximum Gasteiger partial charge on any atom is 0.263 e. The minimum atomic E-state index is 0.000744. The van der Waals surface area contributed by atoms with Gasteiger partial charge in [0.25, 0.3) is 5.56 Å². The number of nitrogens with one attached hydrogen (secondary N) is 1. The van der Waals surface area contributed by atoms with Crippen molar-refractivity contribution in [1.29, 1.82) is 0 Å². The Morgan fingerprint density at radius 1 is 1.56 bits per heavy atom. The maximum absolute atomic E-state index is 12.3. The highest BCUT2D eigenvalue weighted by atomic mass is 32.1. The lowest BCUT2D eigenvalue weighted by Gasteiger charge is -2.05. The molecule has 0 amide bonds. The molecule has 0 aliphatic carbocycles. The number of aromatic amines is 1. The van der Waals surface area contributed by atoms with Gasteiger partial charge in [-0.15, -0.1) is 11.3 Å². The molecule has 2 rings (SSSR count). The van der Waals surface area contributed by atoms with Crippen LogP contribution in [0.4, 0.5) is 0 Å². The maximum atomic E-state index is 12.3. The van der Waals surface area contributed by atoms with Gasteiger partial charge in [0, 0.05) is 25.1 Å². The van der Waals surface area contributed by atoms with Crippen LogP contribution in [0.1, 0.15) is 18.2 Å². The lowest BCUT2D eigenvalue weighted by molar-refractivity contribution is 0.189. The van der Waals surface area contributed by atoms with Crippen LogP contribution in [0.15, 0.2) is 10.9 Å². The van der Waals surface area contributed by atoms with Crippen LogP contribution >= 0.6 is 23.6 Å². The second-order valence-electron chi connectivity index (χ2n) is 4.04. The van der Waals surface area contributed by atoms with Gasteiger partial charge in [-0.2, -0.15) is 0 Å². The Kier molecular flexibility index (Phi) is 4.31. The molecule has 0 unspecified atom stereocenters. The Hall–Kier alpha value is -0.980. The molecule has 0 radical (unpaired) electrons. The second-order valence-corrected chi connectivity index (χ2v) is 5.57. The van der Waals surface area contributed by atoms with E-state index in [-0.39, 0.29) is 5.56 Å². The number of aromatic nitrogens is 2. The van der Waals surface area contributed by atoms with E-state index in [0.29, 0.717) is 17.9 Å². The van der Waals surface area contributed by atoms with Gasteiger partial charge in [-0.1, -0.05) is 6.92 Å².